The molecule has 0 bridgehead atoms. The first-order valence-electron chi connectivity index (χ1n) is 6.99. The number of aryl methyl sites for hydroxylation is 1. The summed E-state index contributed by atoms with van der Waals surface area (Å²) in [6.45, 7) is 0.701. The van der Waals surface area contributed by atoms with Gasteiger partial charge in [0.15, 0.2) is 6.19 Å². The van der Waals surface area contributed by atoms with Crippen LogP contribution in [-0.4, -0.2) is 36.1 Å². The first kappa shape index (κ1) is 16.1. The second-order valence-corrected chi connectivity index (χ2v) is 5.17. The number of carbonyl (C=O) groups is 1. The second-order valence-electron chi connectivity index (χ2n) is 5.17. The molecule has 7 heteroatoms. The molecule has 0 aliphatic carbocycles. The summed E-state index contributed by atoms with van der Waals surface area (Å²) in [7, 11) is 0. The van der Waals surface area contributed by atoms with Crippen LogP contribution >= 0.6 is 0 Å². The van der Waals surface area contributed by atoms with Gasteiger partial charge in [-0.15, -0.1) is 0 Å². The topological polar surface area (TPSA) is 47.3 Å². The van der Waals surface area contributed by atoms with E-state index < -0.39 is 24.7 Å². The highest BCUT2D eigenvalue weighted by Gasteiger charge is 2.41. The summed E-state index contributed by atoms with van der Waals surface area (Å²) in [6.07, 6.45) is -1.52. The Morgan fingerprint density at radius 1 is 1.45 bits per heavy atom. The van der Waals surface area contributed by atoms with E-state index in [-0.39, 0.29) is 13.0 Å². The van der Waals surface area contributed by atoms with Gasteiger partial charge >= 0.3 is 6.18 Å². The Kier molecular flexibility index (Phi) is 4.59. The Morgan fingerprint density at radius 3 is 2.77 bits per heavy atom. The summed E-state index contributed by atoms with van der Waals surface area (Å²) >= 11 is 0. The molecule has 118 valence electrons. The summed E-state index contributed by atoms with van der Waals surface area (Å²) in [5, 5.41) is 9.32. The van der Waals surface area contributed by atoms with Gasteiger partial charge in [0.1, 0.15) is 12.6 Å². The Hall–Kier alpha value is -2.23. The van der Waals surface area contributed by atoms with Gasteiger partial charge in [-0.1, -0.05) is 19.1 Å². The largest absolute Gasteiger partial charge is 0.406 e. The lowest BCUT2D eigenvalue weighted by atomic mass is 10.1. The van der Waals surface area contributed by atoms with Crippen LogP contribution in [-0.2, 0) is 11.2 Å². The first-order chi connectivity index (χ1) is 10.4. The maximum absolute atomic E-state index is 12.4. The van der Waals surface area contributed by atoms with Crippen LogP contribution in [0.2, 0.25) is 0 Å². The molecule has 4 nitrogen and oxygen atoms in total. The van der Waals surface area contributed by atoms with Crippen molar-refractivity contribution in [3.05, 3.63) is 29.8 Å². The lowest BCUT2D eigenvalue weighted by Gasteiger charge is -2.23. The molecule has 2 rings (SSSR count). The van der Waals surface area contributed by atoms with Gasteiger partial charge in [-0.2, -0.15) is 18.4 Å². The highest BCUT2D eigenvalue weighted by molar-refractivity contribution is 5.88. The van der Waals surface area contributed by atoms with Crippen molar-refractivity contribution >= 4 is 11.6 Å². The molecule has 0 N–H and O–H groups in total. The number of anilines is 1. The molecule has 1 fully saturated rings. The van der Waals surface area contributed by atoms with E-state index in [0.29, 0.717) is 5.69 Å². The highest BCUT2D eigenvalue weighted by Crippen LogP contribution is 2.27. The predicted octanol–water partition coefficient (Wildman–Crippen LogP) is 2.70. The molecule has 1 aliphatic heterocycles. The lowest BCUT2D eigenvalue weighted by Crippen LogP contribution is -2.42. The van der Waals surface area contributed by atoms with Crippen molar-refractivity contribution in [3.63, 3.8) is 0 Å². The molecule has 0 aromatic heterocycles. The molecule has 0 radical (unpaired) electrons. The standard InChI is InChI=1S/C15H16F3N3O/c1-2-11-4-3-5-12(8-11)21(10-19)13-6-7-20(14(13)22)9-15(16,17)18/h3-5,8,13H,2,6-7,9H2,1H3/t13-/m0/s1. The minimum Gasteiger partial charge on any atom is -0.332 e. The van der Waals surface area contributed by atoms with Gasteiger partial charge in [-0.25, -0.2) is 0 Å². The molecule has 1 amide bonds. The summed E-state index contributed by atoms with van der Waals surface area (Å²) in [5.41, 5.74) is 1.53. The van der Waals surface area contributed by atoms with Gasteiger partial charge in [0.2, 0.25) is 5.91 Å². The van der Waals surface area contributed by atoms with Crippen LogP contribution in [0.5, 0.6) is 0 Å². The van der Waals surface area contributed by atoms with E-state index in [9.17, 15) is 23.2 Å². The quantitative estimate of drug-likeness (QED) is 0.634. The number of alkyl halides is 3. The zero-order valence-electron chi connectivity index (χ0n) is 12.1. The molecule has 0 unspecified atom stereocenters. The molecule has 22 heavy (non-hydrogen) atoms. The van der Waals surface area contributed by atoms with Crippen molar-refractivity contribution in [2.75, 3.05) is 18.0 Å². The third-order valence-corrected chi connectivity index (χ3v) is 3.66. The Bertz CT molecular complexity index is 594. The van der Waals surface area contributed by atoms with Crippen LogP contribution in [0.1, 0.15) is 18.9 Å². The average molecular weight is 311 g/mol. The molecule has 0 saturated carbocycles. The van der Waals surface area contributed by atoms with E-state index >= 15 is 0 Å². The number of nitrogens with zero attached hydrogens (tertiary/aromatic N) is 3. The van der Waals surface area contributed by atoms with E-state index in [1.807, 2.05) is 19.2 Å². The molecule has 1 aromatic carbocycles. The van der Waals surface area contributed by atoms with Gasteiger partial charge < -0.3 is 4.90 Å². The van der Waals surface area contributed by atoms with Crippen LogP contribution in [0, 0.1) is 11.5 Å². The molecular weight excluding hydrogens is 295 g/mol. The molecule has 1 aliphatic rings. The number of carbonyl (C=O) groups excluding carboxylic acids is 1. The van der Waals surface area contributed by atoms with Crippen LogP contribution in [0.3, 0.4) is 0 Å². The van der Waals surface area contributed by atoms with E-state index in [2.05, 4.69) is 0 Å². The normalized spacial score (nSPS) is 18.4. The van der Waals surface area contributed by atoms with E-state index in [1.165, 1.54) is 4.90 Å². The number of likely N-dealkylation sites (tertiary alicyclic amines) is 1. The number of amides is 1. The number of hydrogen-bond donors (Lipinski definition) is 0. The maximum Gasteiger partial charge on any atom is 0.406 e. The number of benzene rings is 1. The van der Waals surface area contributed by atoms with Crippen molar-refractivity contribution in [1.29, 1.82) is 5.26 Å². The fourth-order valence-electron chi connectivity index (χ4n) is 2.57. The summed E-state index contributed by atoms with van der Waals surface area (Å²) < 4.78 is 37.3. The van der Waals surface area contributed by atoms with Crippen molar-refractivity contribution in [2.45, 2.75) is 32.0 Å². The van der Waals surface area contributed by atoms with E-state index in [0.717, 1.165) is 16.9 Å². The van der Waals surface area contributed by atoms with Gasteiger partial charge in [-0.3, -0.25) is 9.69 Å². The molecule has 1 aromatic rings. The fourth-order valence-corrected chi connectivity index (χ4v) is 2.57. The van der Waals surface area contributed by atoms with Crippen LogP contribution in [0.15, 0.2) is 24.3 Å². The van der Waals surface area contributed by atoms with Gasteiger partial charge in [0, 0.05) is 6.54 Å². The average Bonchev–Trinajstić information content (AvgIpc) is 2.80. The van der Waals surface area contributed by atoms with E-state index in [1.54, 1.807) is 18.2 Å². The Morgan fingerprint density at radius 2 is 2.18 bits per heavy atom. The highest BCUT2D eigenvalue weighted by atomic mass is 19.4. The third kappa shape index (κ3) is 3.50. The third-order valence-electron chi connectivity index (χ3n) is 3.66. The van der Waals surface area contributed by atoms with E-state index in [4.69, 9.17) is 0 Å². The van der Waals surface area contributed by atoms with Crippen LogP contribution < -0.4 is 4.90 Å². The summed E-state index contributed by atoms with van der Waals surface area (Å²) in [6, 6.07) is 6.27. The maximum atomic E-state index is 12.4. The van der Waals surface area contributed by atoms with Crippen molar-refractivity contribution in [3.8, 4) is 6.19 Å². The molecule has 1 saturated heterocycles. The number of nitriles is 1. The summed E-state index contributed by atoms with van der Waals surface area (Å²) in [4.78, 5) is 14.1. The first-order valence-corrected chi connectivity index (χ1v) is 6.99. The zero-order chi connectivity index (χ0) is 16.3. The predicted molar refractivity (Wildman–Crippen MR) is 75.0 cm³/mol. The van der Waals surface area contributed by atoms with Crippen molar-refractivity contribution in [2.24, 2.45) is 0 Å². The zero-order valence-corrected chi connectivity index (χ0v) is 12.1. The minimum atomic E-state index is -4.43. The molecule has 0 spiro atoms. The van der Waals surface area contributed by atoms with Crippen LogP contribution in [0.4, 0.5) is 18.9 Å². The Labute approximate surface area is 126 Å². The number of halogens is 3. The van der Waals surface area contributed by atoms with Gasteiger partial charge in [0.05, 0.1) is 5.69 Å². The molecular formula is C15H16F3N3O. The monoisotopic (exact) mass is 311 g/mol. The van der Waals surface area contributed by atoms with Gasteiger partial charge in [-0.05, 0) is 30.5 Å². The van der Waals surface area contributed by atoms with Crippen molar-refractivity contribution < 1.29 is 18.0 Å². The van der Waals surface area contributed by atoms with Crippen LogP contribution in [0.25, 0.3) is 0 Å². The number of hydrogen-bond acceptors (Lipinski definition) is 3. The lowest BCUT2D eigenvalue weighted by molar-refractivity contribution is -0.157. The summed E-state index contributed by atoms with van der Waals surface area (Å²) in [5.74, 6) is -0.652. The number of rotatable bonds is 4. The Balaban J connectivity index is 2.19. The minimum absolute atomic E-state index is 0.00859. The molecule has 1 atom stereocenters. The van der Waals surface area contributed by atoms with Crippen molar-refractivity contribution in [1.82, 2.24) is 4.90 Å². The smallest absolute Gasteiger partial charge is 0.332 e. The molecule has 1 heterocycles. The van der Waals surface area contributed by atoms with Gasteiger partial charge in [0.25, 0.3) is 0 Å². The fraction of sp³-hybridized carbons (Fsp3) is 0.467. The SMILES string of the molecule is CCc1cccc(N(C#N)[C@H]2CCN(CC(F)(F)F)C2=O)c1. The second kappa shape index (κ2) is 6.26.